The van der Waals surface area contributed by atoms with Gasteiger partial charge in [0.25, 0.3) is 0 Å². The van der Waals surface area contributed by atoms with E-state index in [9.17, 15) is 9.59 Å². The van der Waals surface area contributed by atoms with E-state index in [0.717, 1.165) is 51.3 Å². The second kappa shape index (κ2) is 11.8. The highest BCUT2D eigenvalue weighted by molar-refractivity contribution is 5.97. The van der Waals surface area contributed by atoms with Crippen molar-refractivity contribution in [3.8, 4) is 16.9 Å². The van der Waals surface area contributed by atoms with Crippen LogP contribution in [0.4, 0.5) is 16.3 Å². The van der Waals surface area contributed by atoms with Crippen LogP contribution in [0.1, 0.15) is 35.6 Å². The Bertz CT molecular complexity index is 1440. The van der Waals surface area contributed by atoms with Crippen molar-refractivity contribution in [3.63, 3.8) is 0 Å². The highest BCUT2D eigenvalue weighted by atomic mass is 16.2. The van der Waals surface area contributed by atoms with Gasteiger partial charge in [-0.15, -0.1) is 0 Å². The molecule has 1 aromatic heterocycles. The van der Waals surface area contributed by atoms with E-state index in [-0.39, 0.29) is 18.5 Å². The third-order valence-corrected chi connectivity index (χ3v) is 6.59. The van der Waals surface area contributed by atoms with Gasteiger partial charge in [0.1, 0.15) is 12.4 Å². The maximum Gasteiger partial charge on any atom is 0.322 e. The summed E-state index contributed by atoms with van der Waals surface area (Å²) in [4.78, 5) is 27.9. The highest BCUT2D eigenvalue weighted by Crippen LogP contribution is 2.27. The van der Waals surface area contributed by atoms with Gasteiger partial charge in [-0.1, -0.05) is 67.1 Å². The van der Waals surface area contributed by atoms with Crippen LogP contribution in [0.3, 0.4) is 0 Å². The van der Waals surface area contributed by atoms with Crippen LogP contribution >= 0.6 is 0 Å². The van der Waals surface area contributed by atoms with Crippen LogP contribution in [-0.4, -0.2) is 39.7 Å². The first kappa shape index (κ1) is 26.7. The van der Waals surface area contributed by atoms with Crippen LogP contribution in [0.5, 0.6) is 0 Å². The molecule has 0 saturated carbocycles. The molecule has 196 valence electrons. The number of nitrogens with zero attached hydrogens (tertiary/aromatic N) is 3. The minimum Gasteiger partial charge on any atom is -0.315 e. The lowest BCUT2D eigenvalue weighted by molar-refractivity contribution is -0.116. The van der Waals surface area contributed by atoms with E-state index in [0.29, 0.717) is 12.4 Å². The predicted molar refractivity (Wildman–Crippen MR) is 154 cm³/mol. The molecule has 4 rings (SSSR count). The Morgan fingerprint density at radius 3 is 2.34 bits per heavy atom. The summed E-state index contributed by atoms with van der Waals surface area (Å²) >= 11 is 0. The number of amides is 3. The average Bonchev–Trinajstić information content (AvgIpc) is 3.30. The van der Waals surface area contributed by atoms with Crippen molar-refractivity contribution in [3.05, 3.63) is 95.1 Å². The zero-order valence-electron chi connectivity index (χ0n) is 22.7. The standard InChI is InChI=1S/C31H35N5O2/c1-6-17-35(31(38)32-26-14-10-11-22(3)24(26)5)20-30(37)33-29-19-27(25-12-8-7-9-13-25)34-36(29)28-16-15-21(2)18-23(28)4/h7-16,18-19H,6,17,20H2,1-5H3,(H,32,38)(H,33,37). The van der Waals surface area contributed by atoms with Gasteiger partial charge in [-0.25, -0.2) is 9.48 Å². The van der Waals surface area contributed by atoms with Gasteiger partial charge in [-0.3, -0.25) is 4.79 Å². The topological polar surface area (TPSA) is 79.3 Å². The number of aromatic nitrogens is 2. The summed E-state index contributed by atoms with van der Waals surface area (Å²) in [7, 11) is 0. The average molecular weight is 510 g/mol. The number of carbonyl (C=O) groups excluding carboxylic acids is 2. The molecule has 0 aliphatic heterocycles. The quantitative estimate of drug-likeness (QED) is 0.279. The Labute approximate surface area is 224 Å². The molecule has 38 heavy (non-hydrogen) atoms. The molecular formula is C31H35N5O2. The van der Waals surface area contributed by atoms with Gasteiger partial charge in [0.05, 0.1) is 11.4 Å². The lowest BCUT2D eigenvalue weighted by Gasteiger charge is -2.23. The summed E-state index contributed by atoms with van der Waals surface area (Å²) in [5.41, 5.74) is 7.62. The minimum atomic E-state index is -0.302. The Hall–Kier alpha value is -4.39. The number of urea groups is 1. The maximum atomic E-state index is 13.3. The number of carbonyl (C=O) groups is 2. The van der Waals surface area contributed by atoms with Gasteiger partial charge in [0.2, 0.25) is 5.91 Å². The molecule has 0 bridgehead atoms. The third-order valence-electron chi connectivity index (χ3n) is 6.59. The number of benzene rings is 3. The first-order chi connectivity index (χ1) is 18.3. The molecule has 0 spiro atoms. The van der Waals surface area contributed by atoms with Gasteiger partial charge >= 0.3 is 6.03 Å². The number of nitrogens with one attached hydrogen (secondary N) is 2. The Balaban J connectivity index is 1.58. The zero-order valence-corrected chi connectivity index (χ0v) is 22.7. The van der Waals surface area contributed by atoms with Crippen molar-refractivity contribution in [2.45, 2.75) is 41.0 Å². The molecule has 0 aliphatic rings. The van der Waals surface area contributed by atoms with E-state index in [1.54, 1.807) is 4.68 Å². The lowest BCUT2D eigenvalue weighted by atomic mass is 10.1. The first-order valence-electron chi connectivity index (χ1n) is 12.9. The van der Waals surface area contributed by atoms with Crippen LogP contribution in [0.25, 0.3) is 16.9 Å². The van der Waals surface area contributed by atoms with E-state index in [1.807, 2.05) is 101 Å². The normalized spacial score (nSPS) is 10.8. The van der Waals surface area contributed by atoms with E-state index in [1.165, 1.54) is 4.90 Å². The molecule has 2 N–H and O–H groups in total. The largest absolute Gasteiger partial charge is 0.322 e. The second-order valence-corrected chi connectivity index (χ2v) is 9.63. The fourth-order valence-electron chi connectivity index (χ4n) is 4.41. The maximum absolute atomic E-state index is 13.3. The molecule has 4 aromatic rings. The van der Waals surface area contributed by atoms with Gasteiger partial charge in [0.15, 0.2) is 0 Å². The summed E-state index contributed by atoms with van der Waals surface area (Å²) in [6.45, 7) is 10.4. The summed E-state index contributed by atoms with van der Waals surface area (Å²) in [6.07, 6.45) is 0.728. The third kappa shape index (κ3) is 6.11. The lowest BCUT2D eigenvalue weighted by Crippen LogP contribution is -2.41. The Morgan fingerprint density at radius 2 is 1.63 bits per heavy atom. The van der Waals surface area contributed by atoms with Crippen LogP contribution < -0.4 is 10.6 Å². The van der Waals surface area contributed by atoms with Crippen LogP contribution in [0.15, 0.2) is 72.8 Å². The number of rotatable bonds is 8. The van der Waals surface area contributed by atoms with E-state index < -0.39 is 0 Å². The van der Waals surface area contributed by atoms with Crippen molar-refractivity contribution in [1.82, 2.24) is 14.7 Å². The molecule has 1 heterocycles. The van der Waals surface area contributed by atoms with E-state index in [2.05, 4.69) is 16.7 Å². The van der Waals surface area contributed by atoms with Crippen molar-refractivity contribution >= 4 is 23.4 Å². The number of hydrogen-bond donors (Lipinski definition) is 2. The SMILES string of the molecule is CCCN(CC(=O)Nc1cc(-c2ccccc2)nn1-c1ccc(C)cc1C)C(=O)Nc1cccc(C)c1C. The van der Waals surface area contributed by atoms with Crippen LogP contribution in [0.2, 0.25) is 0 Å². The van der Waals surface area contributed by atoms with Gasteiger partial charge < -0.3 is 15.5 Å². The first-order valence-corrected chi connectivity index (χ1v) is 12.9. The van der Waals surface area contributed by atoms with Crippen molar-refractivity contribution < 1.29 is 9.59 Å². The molecular weight excluding hydrogens is 474 g/mol. The zero-order chi connectivity index (χ0) is 27.2. The van der Waals surface area contributed by atoms with Crippen molar-refractivity contribution in [2.24, 2.45) is 0 Å². The monoisotopic (exact) mass is 509 g/mol. The predicted octanol–water partition coefficient (Wildman–Crippen LogP) is 6.66. The molecule has 0 aliphatic carbocycles. The van der Waals surface area contributed by atoms with Crippen molar-refractivity contribution in [1.29, 1.82) is 0 Å². The smallest absolute Gasteiger partial charge is 0.315 e. The summed E-state index contributed by atoms with van der Waals surface area (Å²) < 4.78 is 1.76. The summed E-state index contributed by atoms with van der Waals surface area (Å²) in [6, 6.07) is 23.3. The number of anilines is 2. The number of aryl methyl sites for hydroxylation is 3. The van der Waals surface area contributed by atoms with E-state index in [4.69, 9.17) is 5.10 Å². The minimum absolute atomic E-state index is 0.0801. The van der Waals surface area contributed by atoms with Crippen LogP contribution in [0, 0.1) is 27.7 Å². The second-order valence-electron chi connectivity index (χ2n) is 9.63. The summed E-state index contributed by atoms with van der Waals surface area (Å²) in [5.74, 6) is 0.257. The van der Waals surface area contributed by atoms with Gasteiger partial charge in [-0.05, 0) is 62.9 Å². The molecule has 0 fully saturated rings. The molecule has 7 heteroatoms. The molecule has 0 saturated heterocycles. The molecule has 0 atom stereocenters. The summed E-state index contributed by atoms with van der Waals surface area (Å²) in [5, 5.41) is 10.8. The Morgan fingerprint density at radius 1 is 0.868 bits per heavy atom. The number of hydrogen-bond acceptors (Lipinski definition) is 3. The van der Waals surface area contributed by atoms with E-state index >= 15 is 0 Å². The fraction of sp³-hybridized carbons (Fsp3) is 0.258. The van der Waals surface area contributed by atoms with Crippen molar-refractivity contribution in [2.75, 3.05) is 23.7 Å². The molecule has 7 nitrogen and oxygen atoms in total. The molecule has 0 radical (unpaired) electrons. The highest BCUT2D eigenvalue weighted by Gasteiger charge is 2.20. The Kier molecular flexibility index (Phi) is 8.26. The van der Waals surface area contributed by atoms with Crippen LogP contribution in [-0.2, 0) is 4.79 Å². The molecule has 3 aromatic carbocycles. The molecule has 3 amide bonds. The fourth-order valence-corrected chi connectivity index (χ4v) is 4.41. The van der Waals surface area contributed by atoms with Gasteiger partial charge in [-0.2, -0.15) is 5.10 Å². The van der Waals surface area contributed by atoms with Gasteiger partial charge in [0, 0.05) is 23.9 Å². The molecule has 0 unspecified atom stereocenters.